The second kappa shape index (κ2) is 10.7. The fourth-order valence-corrected chi connectivity index (χ4v) is 9.29. The van der Waals surface area contributed by atoms with E-state index in [2.05, 4.69) is 16.3 Å². The van der Waals surface area contributed by atoms with Crippen LogP contribution in [-0.4, -0.2) is 82.8 Å². The minimum Gasteiger partial charge on any atom is -0.478 e. The fourth-order valence-electron chi connectivity index (χ4n) is 5.08. The van der Waals surface area contributed by atoms with E-state index in [4.69, 9.17) is 19.3 Å². The number of aryl methyl sites for hydroxylation is 1. The number of hydrogen-bond donors (Lipinski definition) is 1. The van der Waals surface area contributed by atoms with Crippen LogP contribution in [0.2, 0.25) is 0 Å². The Bertz CT molecular complexity index is 1260. The number of carboxylic acid groups (broad SMARTS) is 1. The summed E-state index contributed by atoms with van der Waals surface area (Å²) < 4.78 is 23.8. The first-order chi connectivity index (χ1) is 17.5. The summed E-state index contributed by atoms with van der Waals surface area (Å²) in [6.45, 7) is 9.38. The molecule has 190 valence electrons. The summed E-state index contributed by atoms with van der Waals surface area (Å²) in [6, 6.07) is 17.1. The van der Waals surface area contributed by atoms with Crippen molar-refractivity contribution in [3.05, 3.63) is 71.5 Å². The molecule has 0 radical (unpaired) electrons. The number of rotatable bonds is 6. The molecule has 2 aliphatic rings. The van der Waals surface area contributed by atoms with Gasteiger partial charge in [-0.2, -0.15) is 5.10 Å². The number of para-hydroxylation sites is 1. The van der Waals surface area contributed by atoms with Crippen molar-refractivity contribution in [1.29, 1.82) is 0 Å². The number of aromatic carboxylic acids is 1. The van der Waals surface area contributed by atoms with Crippen LogP contribution in [0.5, 0.6) is 0 Å². The molecule has 0 unspecified atom stereocenters. The van der Waals surface area contributed by atoms with Gasteiger partial charge in [0.25, 0.3) is 0 Å². The summed E-state index contributed by atoms with van der Waals surface area (Å²) >= 11 is 0. The van der Waals surface area contributed by atoms with Crippen molar-refractivity contribution in [2.75, 3.05) is 52.6 Å². The van der Waals surface area contributed by atoms with Crippen LogP contribution in [0.25, 0.3) is 5.69 Å². The van der Waals surface area contributed by atoms with Gasteiger partial charge >= 0.3 is 5.97 Å². The maximum Gasteiger partial charge on any atom is 0.337 e. The Morgan fingerprint density at radius 2 is 1.44 bits per heavy atom. The summed E-state index contributed by atoms with van der Waals surface area (Å²) in [4.78, 5) is 12.2. The maximum atomic E-state index is 12.2. The Morgan fingerprint density at radius 1 is 0.889 bits per heavy atom. The third kappa shape index (κ3) is 4.53. The van der Waals surface area contributed by atoms with Crippen molar-refractivity contribution in [3.63, 3.8) is 0 Å². The highest BCUT2D eigenvalue weighted by molar-refractivity contribution is 7.69. The molecule has 9 nitrogen and oxygen atoms in total. The number of hydrogen-bond acceptors (Lipinski definition) is 5. The lowest BCUT2D eigenvalue weighted by atomic mass is 10.2. The number of ether oxygens (including phenoxy) is 2. The number of carbonyl (C=O) groups is 1. The van der Waals surface area contributed by atoms with Gasteiger partial charge in [0.15, 0.2) is 0 Å². The van der Waals surface area contributed by atoms with E-state index in [1.165, 1.54) is 0 Å². The molecule has 1 N–H and O–H groups in total. The number of morpholine rings is 2. The van der Waals surface area contributed by atoms with E-state index in [-0.39, 0.29) is 5.56 Å². The van der Waals surface area contributed by atoms with Gasteiger partial charge in [-0.05, 0) is 38.1 Å². The smallest absolute Gasteiger partial charge is 0.337 e. The van der Waals surface area contributed by atoms with Crippen LogP contribution in [0.15, 0.2) is 59.3 Å². The van der Waals surface area contributed by atoms with Crippen LogP contribution < -0.4 is 5.30 Å². The highest BCUT2D eigenvalue weighted by Crippen LogP contribution is 2.59. The van der Waals surface area contributed by atoms with Gasteiger partial charge in [0, 0.05) is 26.2 Å². The van der Waals surface area contributed by atoms with Gasteiger partial charge in [-0.25, -0.2) is 23.6 Å². The zero-order valence-corrected chi connectivity index (χ0v) is 21.6. The molecule has 2 fully saturated rings. The van der Waals surface area contributed by atoms with Crippen LogP contribution in [-0.2, 0) is 9.47 Å². The Hall–Kier alpha value is -2.81. The molecular formula is C26H32N5O4P. The first kappa shape index (κ1) is 24.9. The predicted octanol–water partition coefficient (Wildman–Crippen LogP) is 3.84. The van der Waals surface area contributed by atoms with E-state index < -0.39 is 13.3 Å². The van der Waals surface area contributed by atoms with Crippen LogP contribution in [0.1, 0.15) is 21.7 Å². The van der Waals surface area contributed by atoms with E-state index in [1.54, 1.807) is 12.1 Å². The molecule has 10 heteroatoms. The quantitative estimate of drug-likeness (QED) is 0.505. The Morgan fingerprint density at radius 3 is 2.03 bits per heavy atom. The van der Waals surface area contributed by atoms with E-state index in [9.17, 15) is 9.90 Å². The van der Waals surface area contributed by atoms with Gasteiger partial charge in [0.2, 0.25) is 0 Å². The molecule has 1 aromatic heterocycles. The first-order valence-electron chi connectivity index (χ1n) is 12.3. The molecule has 5 rings (SSSR count). The summed E-state index contributed by atoms with van der Waals surface area (Å²) in [5.74, 6) is -0.982. The zero-order chi connectivity index (χ0) is 25.1. The molecule has 0 amide bonds. The largest absolute Gasteiger partial charge is 0.478 e. The molecule has 0 aliphatic carbocycles. The fraction of sp³-hybridized carbons (Fsp3) is 0.385. The first-order valence-corrected chi connectivity index (χ1v) is 13.9. The van der Waals surface area contributed by atoms with E-state index >= 15 is 0 Å². The molecule has 2 saturated heterocycles. The highest BCUT2D eigenvalue weighted by Gasteiger charge is 2.42. The number of aromatic nitrogens is 2. The third-order valence-corrected chi connectivity index (χ3v) is 10.8. The number of nitrogens with zero attached hydrogens (tertiary/aromatic N) is 5. The monoisotopic (exact) mass is 509 g/mol. The van der Waals surface area contributed by atoms with Crippen LogP contribution >= 0.6 is 7.36 Å². The van der Waals surface area contributed by atoms with Gasteiger partial charge < -0.3 is 14.6 Å². The van der Waals surface area contributed by atoms with E-state index in [1.807, 2.05) is 54.1 Å². The molecule has 2 aliphatic heterocycles. The SMILES string of the molecule is Cc1nn(-c2ccccc2)c(C)c1P(=Nc1ccccc1C(=O)O)(N1CCOCC1)N1CCOCC1. The van der Waals surface area contributed by atoms with Gasteiger partial charge in [0.1, 0.15) is 7.36 Å². The Labute approximate surface area is 211 Å². The minimum absolute atomic E-state index is 0.203. The Balaban J connectivity index is 1.83. The topological polar surface area (TPSA) is 92.4 Å². The van der Waals surface area contributed by atoms with Crippen molar-refractivity contribution in [2.24, 2.45) is 4.74 Å². The number of carboxylic acids is 1. The predicted molar refractivity (Wildman–Crippen MR) is 140 cm³/mol. The van der Waals surface area contributed by atoms with Crippen molar-refractivity contribution < 1.29 is 19.4 Å². The van der Waals surface area contributed by atoms with Crippen molar-refractivity contribution in [1.82, 2.24) is 19.1 Å². The van der Waals surface area contributed by atoms with Crippen LogP contribution in [0.4, 0.5) is 5.69 Å². The molecule has 3 aromatic rings. The van der Waals surface area contributed by atoms with Gasteiger partial charge in [-0.3, -0.25) is 0 Å². The third-order valence-electron chi connectivity index (χ3n) is 6.70. The van der Waals surface area contributed by atoms with Gasteiger partial charge in [-0.15, -0.1) is 0 Å². The summed E-state index contributed by atoms with van der Waals surface area (Å²) in [6.07, 6.45) is 0. The number of benzene rings is 2. The van der Waals surface area contributed by atoms with Crippen molar-refractivity contribution in [3.8, 4) is 5.69 Å². The molecule has 3 heterocycles. The molecular weight excluding hydrogens is 477 g/mol. The lowest BCUT2D eigenvalue weighted by Gasteiger charge is -2.46. The maximum absolute atomic E-state index is 12.2. The molecule has 0 atom stereocenters. The van der Waals surface area contributed by atoms with E-state index in [0.29, 0.717) is 58.3 Å². The van der Waals surface area contributed by atoms with Crippen molar-refractivity contribution >= 4 is 24.3 Å². The minimum atomic E-state index is -2.68. The second-order valence-corrected chi connectivity index (χ2v) is 11.8. The summed E-state index contributed by atoms with van der Waals surface area (Å²) in [7, 11) is -2.68. The van der Waals surface area contributed by atoms with Gasteiger partial charge in [0.05, 0.1) is 60.1 Å². The van der Waals surface area contributed by atoms with Crippen LogP contribution in [0.3, 0.4) is 0 Å². The zero-order valence-electron chi connectivity index (χ0n) is 20.7. The standard InChI is InChI=1S/C26H32N5O4P/c1-20-25(21(2)31(27-20)22-8-4-3-5-9-22)36(29-12-16-34-17-13-29,30-14-18-35-19-15-30)28-24-11-7-6-10-23(24)26(32)33/h3-11H,12-19H2,1-2H3,(H,32,33). The molecule has 36 heavy (non-hydrogen) atoms. The highest BCUT2D eigenvalue weighted by atomic mass is 31.2. The molecule has 0 spiro atoms. The Kier molecular flexibility index (Phi) is 7.37. The molecule has 0 saturated carbocycles. The summed E-state index contributed by atoms with van der Waals surface area (Å²) in [5, 5.41) is 16.1. The van der Waals surface area contributed by atoms with Crippen LogP contribution in [0, 0.1) is 13.8 Å². The average molecular weight is 510 g/mol. The van der Waals surface area contributed by atoms with Gasteiger partial charge in [-0.1, -0.05) is 30.3 Å². The normalized spacial score (nSPS) is 17.7. The summed E-state index contributed by atoms with van der Waals surface area (Å²) in [5.41, 5.74) is 3.59. The lowest BCUT2D eigenvalue weighted by molar-refractivity contribution is 0.0578. The van der Waals surface area contributed by atoms with Crippen molar-refractivity contribution in [2.45, 2.75) is 13.8 Å². The second-order valence-electron chi connectivity index (χ2n) is 8.89. The lowest BCUT2D eigenvalue weighted by Crippen LogP contribution is -2.47. The van der Waals surface area contributed by atoms with E-state index in [0.717, 1.165) is 22.4 Å². The molecule has 0 bridgehead atoms. The molecule has 2 aromatic carbocycles. The average Bonchev–Trinajstić information content (AvgIpc) is 3.23.